The molecule has 0 spiro atoms. The fourth-order valence-corrected chi connectivity index (χ4v) is 2.97. The molecule has 17 heavy (non-hydrogen) atoms. The highest BCUT2D eigenvalue weighted by Gasteiger charge is 2.15. The Morgan fingerprint density at radius 1 is 1.41 bits per heavy atom. The van der Waals surface area contributed by atoms with E-state index in [2.05, 4.69) is 31.2 Å². The molecule has 0 atom stereocenters. The molecule has 2 heterocycles. The molecule has 6 heteroatoms. The smallest absolute Gasteiger partial charge is 0.187 e. The predicted octanol–water partition coefficient (Wildman–Crippen LogP) is 3.41. The fourth-order valence-electron chi connectivity index (χ4n) is 1.50. The van der Waals surface area contributed by atoms with E-state index in [0.717, 1.165) is 28.1 Å². The van der Waals surface area contributed by atoms with Crippen LogP contribution in [0.1, 0.15) is 6.92 Å². The molecule has 0 bridgehead atoms. The molecule has 4 nitrogen and oxygen atoms in total. The van der Waals surface area contributed by atoms with E-state index in [1.54, 1.807) is 24.8 Å². The van der Waals surface area contributed by atoms with E-state index < -0.39 is 0 Å². The average molecular weight is 314 g/mol. The summed E-state index contributed by atoms with van der Waals surface area (Å²) in [5.41, 5.74) is 1.82. The third kappa shape index (κ3) is 2.42. The van der Waals surface area contributed by atoms with Gasteiger partial charge in [0.05, 0.1) is 7.11 Å². The first-order chi connectivity index (χ1) is 8.27. The number of hydrogen-bond acceptors (Lipinski definition) is 5. The molecule has 1 N–H and O–H groups in total. The zero-order valence-corrected chi connectivity index (χ0v) is 11.9. The molecule has 90 valence electrons. The topological polar surface area (TPSA) is 47.0 Å². The largest absolute Gasteiger partial charge is 0.491 e. The molecule has 0 aliphatic carbocycles. The lowest BCUT2D eigenvalue weighted by atomic mass is 10.2. The molecule has 0 fully saturated rings. The van der Waals surface area contributed by atoms with Crippen LogP contribution in [0.5, 0.6) is 5.75 Å². The summed E-state index contributed by atoms with van der Waals surface area (Å²) in [5.74, 6) is 1.39. The van der Waals surface area contributed by atoms with Crippen molar-refractivity contribution < 1.29 is 4.74 Å². The predicted molar refractivity (Wildman–Crippen MR) is 73.8 cm³/mol. The highest BCUT2D eigenvalue weighted by Crippen LogP contribution is 2.38. The van der Waals surface area contributed by atoms with E-state index in [9.17, 15) is 0 Å². The van der Waals surface area contributed by atoms with E-state index >= 15 is 0 Å². The number of nitrogens with zero attached hydrogens (tertiary/aromatic N) is 2. The third-order valence-corrected chi connectivity index (χ3v) is 3.92. The molecular formula is C11H12BrN3OS. The van der Waals surface area contributed by atoms with Crippen LogP contribution in [0, 0.1) is 0 Å². The van der Waals surface area contributed by atoms with E-state index in [0.29, 0.717) is 5.75 Å². The van der Waals surface area contributed by atoms with Gasteiger partial charge in [0.25, 0.3) is 0 Å². The van der Waals surface area contributed by atoms with Gasteiger partial charge in [0.15, 0.2) is 11.6 Å². The van der Waals surface area contributed by atoms with Crippen LogP contribution in [0.4, 0.5) is 5.82 Å². The quantitative estimate of drug-likeness (QED) is 0.939. The minimum absolute atomic E-state index is 0.674. The first-order valence-corrected chi connectivity index (χ1v) is 6.86. The molecular weight excluding hydrogens is 302 g/mol. The summed E-state index contributed by atoms with van der Waals surface area (Å²) in [6, 6.07) is 0. The molecule has 2 rings (SSSR count). The Kier molecular flexibility index (Phi) is 3.96. The Hall–Kier alpha value is -1.14. The molecule has 0 radical (unpaired) electrons. The van der Waals surface area contributed by atoms with Gasteiger partial charge in [-0.05, 0) is 22.9 Å². The van der Waals surface area contributed by atoms with Gasteiger partial charge in [-0.25, -0.2) is 9.97 Å². The van der Waals surface area contributed by atoms with Crippen LogP contribution < -0.4 is 10.1 Å². The number of ether oxygens (including phenoxy) is 1. The zero-order chi connectivity index (χ0) is 12.3. The van der Waals surface area contributed by atoms with Crippen LogP contribution in [-0.4, -0.2) is 23.6 Å². The summed E-state index contributed by atoms with van der Waals surface area (Å²) < 4.78 is 6.42. The van der Waals surface area contributed by atoms with Gasteiger partial charge >= 0.3 is 0 Å². The zero-order valence-electron chi connectivity index (χ0n) is 9.53. The first kappa shape index (κ1) is 12.3. The van der Waals surface area contributed by atoms with Gasteiger partial charge in [-0.1, -0.05) is 0 Å². The van der Waals surface area contributed by atoms with Gasteiger partial charge in [-0.15, -0.1) is 0 Å². The standard InChI is InChI=1S/C11H12BrN3OS/c1-3-13-11-10(16-2)9(14-6-15-11)7-4-17-5-8(7)12/h4-6H,3H2,1-2H3,(H,13,14,15). The van der Waals surface area contributed by atoms with Crippen LogP contribution in [-0.2, 0) is 0 Å². The Labute approximate surface area is 112 Å². The average Bonchev–Trinajstić information content (AvgIpc) is 2.75. The molecule has 2 aromatic heterocycles. The van der Waals surface area contributed by atoms with Gasteiger partial charge in [-0.3, -0.25) is 0 Å². The van der Waals surface area contributed by atoms with E-state index in [4.69, 9.17) is 4.74 Å². The lowest BCUT2D eigenvalue weighted by molar-refractivity contribution is 0.414. The van der Waals surface area contributed by atoms with Crippen molar-refractivity contribution in [2.45, 2.75) is 6.92 Å². The minimum Gasteiger partial charge on any atom is -0.491 e. The molecule has 0 unspecified atom stereocenters. The third-order valence-electron chi connectivity index (χ3n) is 2.22. The van der Waals surface area contributed by atoms with Crippen molar-refractivity contribution in [3.8, 4) is 17.0 Å². The number of aromatic nitrogens is 2. The van der Waals surface area contributed by atoms with Crippen molar-refractivity contribution in [2.75, 3.05) is 19.0 Å². The summed E-state index contributed by atoms with van der Waals surface area (Å²) in [7, 11) is 1.63. The van der Waals surface area contributed by atoms with Crippen molar-refractivity contribution in [3.63, 3.8) is 0 Å². The van der Waals surface area contributed by atoms with E-state index in [1.165, 1.54) is 0 Å². The fraction of sp³-hybridized carbons (Fsp3) is 0.273. The lowest BCUT2D eigenvalue weighted by Crippen LogP contribution is -2.04. The number of anilines is 1. The van der Waals surface area contributed by atoms with Gasteiger partial charge < -0.3 is 10.1 Å². The number of halogens is 1. The summed E-state index contributed by atoms with van der Waals surface area (Å²) in [6.07, 6.45) is 1.54. The van der Waals surface area contributed by atoms with Crippen LogP contribution in [0.3, 0.4) is 0 Å². The van der Waals surface area contributed by atoms with Gasteiger partial charge in [0.2, 0.25) is 0 Å². The molecule has 0 amide bonds. The summed E-state index contributed by atoms with van der Waals surface area (Å²) >= 11 is 5.12. The van der Waals surface area contributed by atoms with Gasteiger partial charge in [-0.2, -0.15) is 11.3 Å². The number of nitrogens with one attached hydrogen (secondary N) is 1. The maximum atomic E-state index is 5.40. The van der Waals surface area contributed by atoms with Crippen molar-refractivity contribution in [1.82, 2.24) is 9.97 Å². The van der Waals surface area contributed by atoms with Crippen LogP contribution in [0.2, 0.25) is 0 Å². The molecule has 2 aromatic rings. The Balaban J connectivity index is 2.54. The Bertz CT molecular complexity index is 515. The van der Waals surface area contributed by atoms with Crippen molar-refractivity contribution in [1.29, 1.82) is 0 Å². The SMILES string of the molecule is CCNc1ncnc(-c2cscc2Br)c1OC. The van der Waals surface area contributed by atoms with Gasteiger partial charge in [0.1, 0.15) is 12.0 Å². The highest BCUT2D eigenvalue weighted by molar-refractivity contribution is 9.10. The molecule has 0 saturated heterocycles. The maximum absolute atomic E-state index is 5.40. The number of hydrogen-bond donors (Lipinski definition) is 1. The molecule has 0 aromatic carbocycles. The van der Waals surface area contributed by atoms with Crippen molar-refractivity contribution >= 4 is 33.1 Å². The highest BCUT2D eigenvalue weighted by atomic mass is 79.9. The van der Waals surface area contributed by atoms with E-state index in [-0.39, 0.29) is 0 Å². The second kappa shape index (κ2) is 5.46. The van der Waals surface area contributed by atoms with Gasteiger partial charge in [0, 0.05) is 27.3 Å². The normalized spacial score (nSPS) is 10.3. The second-order valence-electron chi connectivity index (χ2n) is 3.27. The number of rotatable bonds is 4. The van der Waals surface area contributed by atoms with Crippen LogP contribution >= 0.6 is 27.3 Å². The molecule has 0 aliphatic rings. The number of thiophene rings is 1. The number of methoxy groups -OCH3 is 1. The summed E-state index contributed by atoms with van der Waals surface area (Å²) in [4.78, 5) is 8.48. The summed E-state index contributed by atoms with van der Waals surface area (Å²) in [5, 5.41) is 7.21. The maximum Gasteiger partial charge on any atom is 0.187 e. The Morgan fingerprint density at radius 3 is 2.82 bits per heavy atom. The van der Waals surface area contributed by atoms with E-state index in [1.807, 2.05) is 17.7 Å². The second-order valence-corrected chi connectivity index (χ2v) is 4.87. The van der Waals surface area contributed by atoms with Crippen molar-refractivity contribution in [3.05, 3.63) is 21.6 Å². The summed E-state index contributed by atoms with van der Waals surface area (Å²) in [6.45, 7) is 2.80. The molecule has 0 aliphatic heterocycles. The first-order valence-electron chi connectivity index (χ1n) is 5.12. The lowest BCUT2D eigenvalue weighted by Gasteiger charge is -2.11. The monoisotopic (exact) mass is 313 g/mol. The van der Waals surface area contributed by atoms with Crippen LogP contribution in [0.15, 0.2) is 21.6 Å². The molecule has 0 saturated carbocycles. The minimum atomic E-state index is 0.674. The Morgan fingerprint density at radius 2 is 2.24 bits per heavy atom. The van der Waals surface area contributed by atoms with Crippen LogP contribution in [0.25, 0.3) is 11.3 Å². The van der Waals surface area contributed by atoms with Crippen molar-refractivity contribution in [2.24, 2.45) is 0 Å².